The highest BCUT2D eigenvalue weighted by molar-refractivity contribution is 5.75. The third kappa shape index (κ3) is 6.66. The van der Waals surface area contributed by atoms with E-state index in [1.807, 2.05) is 0 Å². The lowest BCUT2D eigenvalue weighted by Crippen LogP contribution is -2.41. The third-order valence-electron chi connectivity index (χ3n) is 2.83. The van der Waals surface area contributed by atoms with Gasteiger partial charge in [-0.05, 0) is 19.9 Å². The second-order valence-corrected chi connectivity index (χ2v) is 4.64. The predicted octanol–water partition coefficient (Wildman–Crippen LogP) is 1.24. The van der Waals surface area contributed by atoms with E-state index < -0.39 is 12.1 Å². The fourth-order valence-electron chi connectivity index (χ4n) is 1.64. The molecule has 0 saturated heterocycles. The van der Waals surface area contributed by atoms with Gasteiger partial charge in [0.05, 0.1) is 25.9 Å². The Bertz CT molecular complexity index is 441. The molecule has 5 nitrogen and oxygen atoms in total. The first-order valence-corrected chi connectivity index (χ1v) is 6.93. The molecule has 0 saturated carbocycles. The van der Waals surface area contributed by atoms with E-state index >= 15 is 0 Å². The highest BCUT2D eigenvalue weighted by Gasteiger charge is 2.15. The van der Waals surface area contributed by atoms with Gasteiger partial charge in [-0.3, -0.25) is 4.79 Å². The van der Waals surface area contributed by atoms with Crippen LogP contribution in [0.3, 0.4) is 0 Å². The van der Waals surface area contributed by atoms with E-state index in [0.717, 1.165) is 0 Å². The average molecular weight is 299 g/mol. The van der Waals surface area contributed by atoms with Gasteiger partial charge in [0.15, 0.2) is 0 Å². The Morgan fingerprint density at radius 1 is 1.43 bits per heavy atom. The van der Waals surface area contributed by atoms with Crippen LogP contribution in [0, 0.1) is 5.82 Å². The largest absolute Gasteiger partial charge is 0.465 e. The molecule has 1 aromatic carbocycles. The zero-order valence-corrected chi connectivity index (χ0v) is 12.3. The molecule has 0 spiro atoms. The van der Waals surface area contributed by atoms with Gasteiger partial charge in [0.1, 0.15) is 11.9 Å². The zero-order chi connectivity index (χ0) is 15.7. The average Bonchev–Trinajstić information content (AvgIpc) is 2.47. The molecule has 118 valence electrons. The standard InChI is InChI=1S/C15H22FNO4/c1-3-21-15(19)11(2)17-8-13(18)10-20-9-12-6-4-5-7-14(12)16/h4-7,11,13,17-18H,3,8-10H2,1-2H3. The quantitative estimate of drug-likeness (QED) is 0.672. The number of hydrogen-bond donors (Lipinski definition) is 2. The van der Waals surface area contributed by atoms with Crippen molar-refractivity contribution in [3.63, 3.8) is 0 Å². The maximum Gasteiger partial charge on any atom is 0.322 e. The van der Waals surface area contributed by atoms with Crippen molar-refractivity contribution in [2.24, 2.45) is 0 Å². The van der Waals surface area contributed by atoms with E-state index in [9.17, 15) is 14.3 Å². The summed E-state index contributed by atoms with van der Waals surface area (Å²) in [7, 11) is 0. The van der Waals surface area contributed by atoms with Crippen LogP contribution in [-0.2, 0) is 20.9 Å². The smallest absolute Gasteiger partial charge is 0.322 e. The molecule has 2 unspecified atom stereocenters. The van der Waals surface area contributed by atoms with E-state index in [0.29, 0.717) is 12.2 Å². The van der Waals surface area contributed by atoms with Gasteiger partial charge in [-0.25, -0.2) is 4.39 Å². The van der Waals surface area contributed by atoms with Crippen molar-refractivity contribution in [2.45, 2.75) is 32.6 Å². The molecule has 0 amide bonds. The van der Waals surface area contributed by atoms with Crippen LogP contribution in [-0.4, -0.2) is 43.0 Å². The van der Waals surface area contributed by atoms with E-state index in [1.54, 1.807) is 32.0 Å². The number of nitrogens with one attached hydrogen (secondary N) is 1. The van der Waals surface area contributed by atoms with Gasteiger partial charge in [-0.1, -0.05) is 18.2 Å². The van der Waals surface area contributed by atoms with Crippen LogP contribution in [0.4, 0.5) is 4.39 Å². The summed E-state index contributed by atoms with van der Waals surface area (Å²) in [5.41, 5.74) is 0.442. The lowest BCUT2D eigenvalue weighted by Gasteiger charge is -2.16. The minimum atomic E-state index is -0.784. The topological polar surface area (TPSA) is 67.8 Å². The summed E-state index contributed by atoms with van der Waals surface area (Å²) in [6.07, 6.45) is -0.784. The third-order valence-corrected chi connectivity index (χ3v) is 2.83. The molecule has 0 bridgehead atoms. The first-order valence-electron chi connectivity index (χ1n) is 6.93. The maximum atomic E-state index is 13.3. The van der Waals surface area contributed by atoms with Gasteiger partial charge >= 0.3 is 5.97 Å². The van der Waals surface area contributed by atoms with Crippen LogP contribution in [0.2, 0.25) is 0 Å². The molecule has 1 aromatic rings. The Labute approximate surface area is 124 Å². The molecule has 1 rings (SSSR count). The normalized spacial score (nSPS) is 13.7. The van der Waals surface area contributed by atoms with Crippen molar-refractivity contribution in [3.8, 4) is 0 Å². The van der Waals surface area contributed by atoms with Crippen LogP contribution < -0.4 is 5.32 Å². The molecule has 0 fully saturated rings. The van der Waals surface area contributed by atoms with Crippen molar-refractivity contribution in [2.75, 3.05) is 19.8 Å². The number of carbonyl (C=O) groups excluding carboxylic acids is 1. The van der Waals surface area contributed by atoms with E-state index in [1.165, 1.54) is 6.07 Å². The Hall–Kier alpha value is -1.50. The molecule has 0 radical (unpaired) electrons. The zero-order valence-electron chi connectivity index (χ0n) is 12.3. The van der Waals surface area contributed by atoms with Gasteiger partial charge in [-0.2, -0.15) is 0 Å². The molecule has 6 heteroatoms. The predicted molar refractivity (Wildman–Crippen MR) is 76.2 cm³/mol. The summed E-state index contributed by atoms with van der Waals surface area (Å²) >= 11 is 0. The highest BCUT2D eigenvalue weighted by atomic mass is 19.1. The first kappa shape index (κ1) is 17.6. The second-order valence-electron chi connectivity index (χ2n) is 4.64. The van der Waals surface area contributed by atoms with Crippen molar-refractivity contribution in [3.05, 3.63) is 35.6 Å². The molecule has 0 aromatic heterocycles. The molecule has 0 heterocycles. The number of aliphatic hydroxyl groups is 1. The molecule has 2 N–H and O–H groups in total. The van der Waals surface area contributed by atoms with Gasteiger partial charge in [-0.15, -0.1) is 0 Å². The molecule has 0 aliphatic heterocycles. The summed E-state index contributed by atoms with van der Waals surface area (Å²) in [5.74, 6) is -0.696. The number of ether oxygens (including phenoxy) is 2. The number of benzene rings is 1. The SMILES string of the molecule is CCOC(=O)C(C)NCC(O)COCc1ccccc1F. The Morgan fingerprint density at radius 3 is 2.81 bits per heavy atom. The summed E-state index contributed by atoms with van der Waals surface area (Å²) in [6.45, 7) is 4.05. The molecule has 0 aliphatic carbocycles. The van der Waals surface area contributed by atoms with Crippen LogP contribution in [0.1, 0.15) is 19.4 Å². The number of halogens is 1. The van der Waals surface area contributed by atoms with Crippen LogP contribution in [0.5, 0.6) is 0 Å². The lowest BCUT2D eigenvalue weighted by molar-refractivity contribution is -0.145. The van der Waals surface area contributed by atoms with Crippen molar-refractivity contribution in [1.29, 1.82) is 0 Å². The van der Waals surface area contributed by atoms with Gasteiger partial charge < -0.3 is 19.9 Å². The van der Waals surface area contributed by atoms with Gasteiger partial charge in [0.25, 0.3) is 0 Å². The van der Waals surface area contributed by atoms with E-state index in [2.05, 4.69) is 5.32 Å². The van der Waals surface area contributed by atoms with Crippen molar-refractivity contribution >= 4 is 5.97 Å². The molecular weight excluding hydrogens is 277 g/mol. The summed E-state index contributed by atoms with van der Waals surface area (Å²) < 4.78 is 23.4. The van der Waals surface area contributed by atoms with E-state index in [4.69, 9.17) is 9.47 Å². The second kappa shape index (κ2) is 9.44. The minimum Gasteiger partial charge on any atom is -0.465 e. The Balaban J connectivity index is 2.21. The number of hydrogen-bond acceptors (Lipinski definition) is 5. The van der Waals surface area contributed by atoms with Crippen molar-refractivity contribution < 1.29 is 23.8 Å². The van der Waals surface area contributed by atoms with E-state index in [-0.39, 0.29) is 31.5 Å². The van der Waals surface area contributed by atoms with Gasteiger partial charge in [0.2, 0.25) is 0 Å². The molecule has 21 heavy (non-hydrogen) atoms. The Morgan fingerprint density at radius 2 is 2.14 bits per heavy atom. The van der Waals surface area contributed by atoms with Crippen LogP contribution >= 0.6 is 0 Å². The molecular formula is C15H22FNO4. The van der Waals surface area contributed by atoms with Gasteiger partial charge in [0, 0.05) is 12.1 Å². The minimum absolute atomic E-state index is 0.0525. The number of esters is 1. The fraction of sp³-hybridized carbons (Fsp3) is 0.533. The number of aliphatic hydroxyl groups excluding tert-OH is 1. The molecule has 0 aliphatic rings. The fourth-order valence-corrected chi connectivity index (χ4v) is 1.64. The highest BCUT2D eigenvalue weighted by Crippen LogP contribution is 2.07. The number of rotatable bonds is 9. The lowest BCUT2D eigenvalue weighted by atomic mass is 10.2. The van der Waals surface area contributed by atoms with Crippen molar-refractivity contribution in [1.82, 2.24) is 5.32 Å². The summed E-state index contributed by atoms with van der Waals surface area (Å²) in [5, 5.41) is 12.6. The monoisotopic (exact) mass is 299 g/mol. The summed E-state index contributed by atoms with van der Waals surface area (Å²) in [4.78, 5) is 11.4. The summed E-state index contributed by atoms with van der Waals surface area (Å²) in [6, 6.07) is 5.82. The van der Waals surface area contributed by atoms with Crippen LogP contribution in [0.15, 0.2) is 24.3 Å². The van der Waals surface area contributed by atoms with Crippen LogP contribution in [0.25, 0.3) is 0 Å². The molecule has 2 atom stereocenters. The number of carbonyl (C=O) groups is 1. The Kier molecular flexibility index (Phi) is 7.89. The maximum absolute atomic E-state index is 13.3. The first-order chi connectivity index (χ1) is 10.0.